The zero-order valence-electron chi connectivity index (χ0n) is 18.2. The molecule has 0 bridgehead atoms. The molecule has 1 aromatic heterocycles. The van der Waals surface area contributed by atoms with Gasteiger partial charge in [0.2, 0.25) is 10.0 Å². The van der Waals surface area contributed by atoms with Gasteiger partial charge in [-0.05, 0) is 38.1 Å². The number of carboxylic acids is 1. The van der Waals surface area contributed by atoms with Crippen LogP contribution in [0.2, 0.25) is 0 Å². The van der Waals surface area contributed by atoms with Crippen molar-refractivity contribution in [1.29, 1.82) is 0 Å². The molecule has 1 fully saturated rings. The molecule has 0 amide bonds. The number of piperazine rings is 1. The Bertz CT molecular complexity index is 1390. The number of aryl methyl sites for hydroxylation is 2. The SMILES string of the molecule is CCn1cc(C(=O)[O-])c(=O)c2cc(F)c(N3CCN(S(=O)(=O)c4ccc(C)cc4)CC3)cc21. The van der Waals surface area contributed by atoms with Crippen molar-refractivity contribution in [2.75, 3.05) is 31.1 Å². The fraction of sp³-hybridized carbons (Fsp3) is 0.304. The zero-order valence-corrected chi connectivity index (χ0v) is 19.1. The first-order valence-electron chi connectivity index (χ1n) is 10.5. The van der Waals surface area contributed by atoms with E-state index < -0.39 is 32.8 Å². The van der Waals surface area contributed by atoms with Crippen molar-refractivity contribution in [3.8, 4) is 0 Å². The van der Waals surface area contributed by atoms with Crippen molar-refractivity contribution in [3.05, 3.63) is 69.8 Å². The van der Waals surface area contributed by atoms with E-state index in [1.54, 1.807) is 40.7 Å². The van der Waals surface area contributed by atoms with Crippen LogP contribution in [0.5, 0.6) is 0 Å². The van der Waals surface area contributed by atoms with Crippen LogP contribution in [0.1, 0.15) is 22.8 Å². The Kier molecular flexibility index (Phi) is 5.98. The smallest absolute Gasteiger partial charge is 0.243 e. The van der Waals surface area contributed by atoms with E-state index in [4.69, 9.17) is 0 Å². The molecule has 0 N–H and O–H groups in total. The topological polar surface area (TPSA) is 103 Å². The Morgan fingerprint density at radius 2 is 1.73 bits per heavy atom. The summed E-state index contributed by atoms with van der Waals surface area (Å²) < 4.78 is 43.8. The summed E-state index contributed by atoms with van der Waals surface area (Å²) in [5.74, 6) is -2.29. The molecule has 33 heavy (non-hydrogen) atoms. The van der Waals surface area contributed by atoms with Crippen LogP contribution in [0, 0.1) is 12.7 Å². The molecule has 1 aliphatic heterocycles. The summed E-state index contributed by atoms with van der Waals surface area (Å²) in [7, 11) is -3.65. The number of anilines is 1. The third kappa shape index (κ3) is 4.11. The minimum Gasteiger partial charge on any atom is -0.545 e. The Balaban J connectivity index is 1.64. The largest absolute Gasteiger partial charge is 0.545 e. The lowest BCUT2D eigenvalue weighted by molar-refractivity contribution is -0.255. The molecule has 10 heteroatoms. The minimum atomic E-state index is -3.65. The molecule has 0 atom stereocenters. The predicted octanol–water partition coefficient (Wildman–Crippen LogP) is 1.34. The molecule has 2 heterocycles. The molecule has 2 aromatic carbocycles. The van der Waals surface area contributed by atoms with Crippen LogP contribution in [-0.2, 0) is 16.6 Å². The second-order valence-electron chi connectivity index (χ2n) is 7.97. The molecule has 3 aromatic rings. The number of sulfonamides is 1. The number of nitrogens with zero attached hydrogens (tertiary/aromatic N) is 3. The number of pyridine rings is 1. The van der Waals surface area contributed by atoms with Gasteiger partial charge in [0.25, 0.3) is 0 Å². The number of rotatable bonds is 5. The Morgan fingerprint density at radius 1 is 1.09 bits per heavy atom. The highest BCUT2D eigenvalue weighted by atomic mass is 32.2. The summed E-state index contributed by atoms with van der Waals surface area (Å²) >= 11 is 0. The van der Waals surface area contributed by atoms with E-state index in [0.717, 1.165) is 11.6 Å². The monoisotopic (exact) mass is 472 g/mol. The van der Waals surface area contributed by atoms with Gasteiger partial charge in [-0.15, -0.1) is 0 Å². The van der Waals surface area contributed by atoms with Crippen molar-refractivity contribution in [3.63, 3.8) is 0 Å². The molecule has 0 radical (unpaired) electrons. The van der Waals surface area contributed by atoms with Crippen molar-refractivity contribution >= 4 is 32.6 Å². The summed E-state index contributed by atoms with van der Waals surface area (Å²) in [6.07, 6.45) is 1.20. The molecule has 0 saturated carbocycles. The highest BCUT2D eigenvalue weighted by Gasteiger charge is 2.29. The lowest BCUT2D eigenvalue weighted by atomic mass is 10.1. The second kappa shape index (κ2) is 8.60. The zero-order chi connectivity index (χ0) is 23.9. The third-order valence-electron chi connectivity index (χ3n) is 5.95. The molecule has 0 aliphatic carbocycles. The van der Waals surface area contributed by atoms with E-state index in [2.05, 4.69) is 0 Å². The third-order valence-corrected chi connectivity index (χ3v) is 7.86. The van der Waals surface area contributed by atoms with Crippen LogP contribution in [0.15, 0.2) is 52.3 Å². The normalized spacial score (nSPS) is 15.2. The van der Waals surface area contributed by atoms with Crippen LogP contribution >= 0.6 is 0 Å². The van der Waals surface area contributed by atoms with Gasteiger partial charge in [0.1, 0.15) is 5.82 Å². The quantitative estimate of drug-likeness (QED) is 0.555. The molecule has 1 saturated heterocycles. The predicted molar refractivity (Wildman–Crippen MR) is 120 cm³/mol. The van der Waals surface area contributed by atoms with Crippen molar-refractivity contribution in [1.82, 2.24) is 8.87 Å². The number of carbonyl (C=O) groups excluding carboxylic acids is 1. The van der Waals surface area contributed by atoms with Crippen LogP contribution in [0.3, 0.4) is 0 Å². The second-order valence-corrected chi connectivity index (χ2v) is 9.91. The van der Waals surface area contributed by atoms with Gasteiger partial charge in [0.05, 0.1) is 27.6 Å². The van der Waals surface area contributed by atoms with Crippen LogP contribution in [0.25, 0.3) is 10.9 Å². The van der Waals surface area contributed by atoms with Gasteiger partial charge in [-0.25, -0.2) is 12.8 Å². The number of aromatic nitrogens is 1. The van der Waals surface area contributed by atoms with Crippen LogP contribution in [-0.4, -0.2) is 49.4 Å². The van der Waals surface area contributed by atoms with Gasteiger partial charge in [0, 0.05) is 44.3 Å². The molecule has 0 unspecified atom stereocenters. The lowest BCUT2D eigenvalue weighted by Gasteiger charge is -2.35. The first-order chi connectivity index (χ1) is 15.6. The fourth-order valence-electron chi connectivity index (χ4n) is 4.08. The molecule has 1 aliphatic rings. The number of carboxylic acid groups (broad SMARTS) is 1. The average Bonchev–Trinajstić information content (AvgIpc) is 2.79. The number of halogens is 1. The number of benzene rings is 2. The van der Waals surface area contributed by atoms with Gasteiger partial charge < -0.3 is 19.4 Å². The maximum Gasteiger partial charge on any atom is 0.243 e. The van der Waals surface area contributed by atoms with E-state index in [0.29, 0.717) is 12.1 Å². The van der Waals surface area contributed by atoms with Gasteiger partial charge in [-0.2, -0.15) is 4.31 Å². The number of hydrogen-bond acceptors (Lipinski definition) is 6. The minimum absolute atomic E-state index is 0.0413. The first kappa shape index (κ1) is 22.9. The number of carbonyl (C=O) groups is 1. The van der Waals surface area contributed by atoms with Crippen LogP contribution < -0.4 is 15.4 Å². The van der Waals surface area contributed by atoms with E-state index in [1.165, 1.54) is 16.6 Å². The maximum absolute atomic E-state index is 15.0. The molecule has 8 nitrogen and oxygen atoms in total. The molecule has 4 rings (SSSR count). The van der Waals surface area contributed by atoms with E-state index >= 15 is 4.39 Å². The molecular formula is C23H23FN3O5S-. The van der Waals surface area contributed by atoms with Gasteiger partial charge in [-0.3, -0.25) is 4.79 Å². The van der Waals surface area contributed by atoms with Crippen molar-refractivity contribution in [2.24, 2.45) is 0 Å². The number of aromatic carboxylic acids is 1. The maximum atomic E-state index is 15.0. The van der Waals surface area contributed by atoms with Crippen molar-refractivity contribution < 1.29 is 22.7 Å². The highest BCUT2D eigenvalue weighted by molar-refractivity contribution is 7.89. The molecule has 0 spiro atoms. The summed E-state index contributed by atoms with van der Waals surface area (Å²) in [6.45, 7) is 4.91. The number of fused-ring (bicyclic) bond motifs is 1. The van der Waals surface area contributed by atoms with Gasteiger partial charge in [-0.1, -0.05) is 17.7 Å². The van der Waals surface area contributed by atoms with E-state index in [-0.39, 0.29) is 42.1 Å². The molecule has 174 valence electrons. The Morgan fingerprint density at radius 3 is 2.30 bits per heavy atom. The Labute approximate surface area is 190 Å². The average molecular weight is 473 g/mol. The van der Waals surface area contributed by atoms with E-state index in [9.17, 15) is 23.1 Å². The summed E-state index contributed by atoms with van der Waals surface area (Å²) in [5, 5.41) is 11.2. The highest BCUT2D eigenvalue weighted by Crippen LogP contribution is 2.27. The fourth-order valence-corrected chi connectivity index (χ4v) is 5.50. The summed E-state index contributed by atoms with van der Waals surface area (Å²) in [4.78, 5) is 25.7. The lowest BCUT2D eigenvalue weighted by Crippen LogP contribution is -2.49. The van der Waals surface area contributed by atoms with Gasteiger partial charge in [0.15, 0.2) is 5.43 Å². The summed E-state index contributed by atoms with van der Waals surface area (Å²) in [6, 6.07) is 9.19. The van der Waals surface area contributed by atoms with Crippen LogP contribution in [0.4, 0.5) is 10.1 Å². The first-order valence-corrected chi connectivity index (χ1v) is 12.0. The van der Waals surface area contributed by atoms with E-state index in [1.807, 2.05) is 6.92 Å². The number of hydrogen-bond donors (Lipinski definition) is 0. The summed E-state index contributed by atoms with van der Waals surface area (Å²) in [5.41, 5.74) is 0.278. The van der Waals surface area contributed by atoms with Gasteiger partial charge >= 0.3 is 0 Å². The Hall–Kier alpha value is -3.24. The van der Waals surface area contributed by atoms with Crippen molar-refractivity contribution in [2.45, 2.75) is 25.3 Å². The standard InChI is InChI=1S/C23H24FN3O5S/c1-3-25-14-18(23(29)30)22(28)17-12-19(24)21(13-20(17)25)26-8-10-27(11-9-26)33(31,32)16-6-4-15(2)5-7-16/h4-7,12-14H,3,8-11H2,1-2H3,(H,29,30)/p-1. The molecular weight excluding hydrogens is 449 g/mol.